The zero-order valence-corrected chi connectivity index (χ0v) is 11.2. The van der Waals surface area contributed by atoms with Crippen LogP contribution in [0.4, 0.5) is 4.79 Å². The molecule has 0 aliphatic heterocycles. The van der Waals surface area contributed by atoms with Crippen LogP contribution in [0.15, 0.2) is 12.2 Å². The van der Waals surface area contributed by atoms with E-state index >= 15 is 0 Å². The van der Waals surface area contributed by atoms with Gasteiger partial charge in [0.25, 0.3) is 0 Å². The fourth-order valence-corrected chi connectivity index (χ4v) is 2.32. The highest BCUT2D eigenvalue weighted by Crippen LogP contribution is 2.28. The van der Waals surface area contributed by atoms with Crippen molar-refractivity contribution in [3.63, 3.8) is 0 Å². The highest BCUT2D eigenvalue weighted by atomic mass is 16.4. The summed E-state index contributed by atoms with van der Waals surface area (Å²) >= 11 is 0. The molecule has 0 aromatic rings. The van der Waals surface area contributed by atoms with Crippen molar-refractivity contribution in [3.8, 4) is 0 Å². The van der Waals surface area contributed by atoms with E-state index in [-0.39, 0.29) is 6.03 Å². The fourth-order valence-electron chi connectivity index (χ4n) is 2.32. The molecule has 0 saturated heterocycles. The lowest BCUT2D eigenvalue weighted by Gasteiger charge is -2.35. The van der Waals surface area contributed by atoms with Gasteiger partial charge in [-0.25, -0.2) is 9.59 Å². The van der Waals surface area contributed by atoms with Crippen molar-refractivity contribution in [3.05, 3.63) is 12.2 Å². The minimum atomic E-state index is -1.08. The van der Waals surface area contributed by atoms with Gasteiger partial charge in [-0.3, -0.25) is 0 Å². The summed E-state index contributed by atoms with van der Waals surface area (Å²) in [5.41, 5.74) is -0.223. The summed E-state index contributed by atoms with van der Waals surface area (Å²) < 4.78 is 0. The highest BCUT2D eigenvalue weighted by Gasteiger charge is 2.41. The number of rotatable bonds is 4. The van der Waals surface area contributed by atoms with Gasteiger partial charge in [-0.1, -0.05) is 31.4 Å². The Morgan fingerprint density at radius 1 is 1.33 bits per heavy atom. The average Bonchev–Trinajstić information content (AvgIpc) is 2.29. The summed E-state index contributed by atoms with van der Waals surface area (Å²) in [6, 6.07) is -0.345. The second-order valence-corrected chi connectivity index (χ2v) is 5.19. The maximum Gasteiger partial charge on any atom is 0.329 e. The van der Waals surface area contributed by atoms with E-state index in [1.165, 1.54) is 4.90 Å². The Labute approximate surface area is 108 Å². The van der Waals surface area contributed by atoms with E-state index in [1.54, 1.807) is 7.05 Å². The Morgan fingerprint density at radius 2 is 1.89 bits per heavy atom. The van der Waals surface area contributed by atoms with Gasteiger partial charge < -0.3 is 15.3 Å². The molecule has 2 amide bonds. The number of hydrogen-bond acceptors (Lipinski definition) is 2. The second kappa shape index (κ2) is 5.89. The maximum absolute atomic E-state index is 12.0. The Balaban J connectivity index is 2.69. The number of nitrogens with zero attached hydrogens (tertiary/aromatic N) is 1. The number of urea groups is 1. The Kier molecular flexibility index (Phi) is 4.76. The molecule has 1 saturated carbocycles. The minimum Gasteiger partial charge on any atom is -0.480 e. The predicted octanol–water partition coefficient (Wildman–Crippen LogP) is 1.99. The molecule has 0 aromatic heterocycles. The summed E-state index contributed by atoms with van der Waals surface area (Å²) in [5, 5.41) is 12.0. The SMILES string of the molecule is C=C(C)CN(C)C(=O)NC1(C(=O)O)CCCCC1. The lowest BCUT2D eigenvalue weighted by molar-refractivity contribution is -0.145. The average molecular weight is 254 g/mol. The van der Waals surface area contributed by atoms with Gasteiger partial charge in [0, 0.05) is 13.6 Å². The first-order chi connectivity index (χ1) is 8.37. The van der Waals surface area contributed by atoms with Crippen LogP contribution >= 0.6 is 0 Å². The quantitative estimate of drug-likeness (QED) is 0.754. The normalized spacial score (nSPS) is 17.9. The second-order valence-electron chi connectivity index (χ2n) is 5.19. The van der Waals surface area contributed by atoms with Crippen LogP contribution in [-0.2, 0) is 4.79 Å². The van der Waals surface area contributed by atoms with Crippen molar-refractivity contribution in [2.24, 2.45) is 0 Å². The van der Waals surface area contributed by atoms with Crippen molar-refractivity contribution in [1.82, 2.24) is 10.2 Å². The van der Waals surface area contributed by atoms with Gasteiger partial charge in [0.05, 0.1) is 0 Å². The Bertz CT molecular complexity index is 346. The number of hydrogen-bond donors (Lipinski definition) is 2. The van der Waals surface area contributed by atoms with Crippen LogP contribution < -0.4 is 5.32 Å². The van der Waals surface area contributed by atoms with Crippen molar-refractivity contribution < 1.29 is 14.7 Å². The number of carbonyl (C=O) groups excluding carboxylic acids is 1. The maximum atomic E-state index is 12.0. The molecule has 2 N–H and O–H groups in total. The van der Waals surface area contributed by atoms with E-state index < -0.39 is 11.5 Å². The summed E-state index contributed by atoms with van der Waals surface area (Å²) in [5.74, 6) is -0.931. The van der Waals surface area contributed by atoms with Crippen LogP contribution in [0.25, 0.3) is 0 Å². The van der Waals surface area contributed by atoms with Gasteiger partial charge in [0.15, 0.2) is 0 Å². The first kappa shape index (κ1) is 14.5. The molecular weight excluding hydrogens is 232 g/mol. The lowest BCUT2D eigenvalue weighted by atomic mass is 9.82. The molecule has 5 nitrogen and oxygen atoms in total. The van der Waals surface area contributed by atoms with Crippen LogP contribution in [0.3, 0.4) is 0 Å². The molecule has 0 unspecified atom stereocenters. The van der Waals surface area contributed by atoms with E-state index in [9.17, 15) is 14.7 Å². The third kappa shape index (κ3) is 3.48. The summed E-state index contributed by atoms with van der Waals surface area (Å²) in [6.07, 6.45) is 3.74. The molecule has 0 atom stereocenters. The van der Waals surface area contributed by atoms with Gasteiger partial charge in [-0.15, -0.1) is 0 Å². The summed E-state index contributed by atoms with van der Waals surface area (Å²) in [4.78, 5) is 24.8. The largest absolute Gasteiger partial charge is 0.480 e. The van der Waals surface area contributed by atoms with E-state index in [2.05, 4.69) is 11.9 Å². The first-order valence-electron chi connectivity index (χ1n) is 6.28. The van der Waals surface area contributed by atoms with Crippen molar-refractivity contribution in [1.29, 1.82) is 0 Å². The number of aliphatic carboxylic acids is 1. The molecule has 1 rings (SSSR count). The molecular formula is C13H22N2O3. The molecule has 0 radical (unpaired) electrons. The number of carbonyl (C=O) groups is 2. The monoisotopic (exact) mass is 254 g/mol. The Morgan fingerprint density at radius 3 is 2.33 bits per heavy atom. The van der Waals surface area contributed by atoms with Crippen LogP contribution in [0.2, 0.25) is 0 Å². The van der Waals surface area contributed by atoms with E-state index in [0.29, 0.717) is 19.4 Å². The van der Waals surface area contributed by atoms with E-state index in [4.69, 9.17) is 0 Å². The number of nitrogens with one attached hydrogen (secondary N) is 1. The van der Waals surface area contributed by atoms with Crippen LogP contribution in [0.1, 0.15) is 39.0 Å². The highest BCUT2D eigenvalue weighted by molar-refractivity contribution is 5.86. The minimum absolute atomic E-state index is 0.345. The third-order valence-electron chi connectivity index (χ3n) is 3.32. The van der Waals surface area contributed by atoms with Gasteiger partial charge in [-0.05, 0) is 19.8 Å². The molecule has 0 heterocycles. The molecule has 0 aromatic carbocycles. The lowest BCUT2D eigenvalue weighted by Crippen LogP contribution is -2.58. The standard InChI is InChI=1S/C13H22N2O3/c1-10(2)9-15(3)12(18)14-13(11(16)17)7-5-4-6-8-13/h1,4-9H2,2-3H3,(H,14,18)(H,16,17). The third-order valence-corrected chi connectivity index (χ3v) is 3.32. The van der Waals surface area contributed by atoms with E-state index in [0.717, 1.165) is 24.8 Å². The van der Waals surface area contributed by atoms with Gasteiger partial charge >= 0.3 is 12.0 Å². The molecule has 1 fully saturated rings. The van der Waals surface area contributed by atoms with Gasteiger partial charge in [0.2, 0.25) is 0 Å². The van der Waals surface area contributed by atoms with Crippen LogP contribution in [0, 0.1) is 0 Å². The molecule has 102 valence electrons. The molecule has 18 heavy (non-hydrogen) atoms. The number of likely N-dealkylation sites (N-methyl/N-ethyl adjacent to an activating group) is 1. The van der Waals surface area contributed by atoms with Crippen LogP contribution in [-0.4, -0.2) is 41.1 Å². The van der Waals surface area contributed by atoms with Crippen molar-refractivity contribution in [2.75, 3.05) is 13.6 Å². The molecule has 0 spiro atoms. The van der Waals surface area contributed by atoms with E-state index in [1.807, 2.05) is 6.92 Å². The molecule has 1 aliphatic carbocycles. The molecule has 0 bridgehead atoms. The summed E-state index contributed by atoms with van der Waals surface area (Å²) in [7, 11) is 1.64. The summed E-state index contributed by atoms with van der Waals surface area (Å²) in [6.45, 7) is 6.00. The zero-order chi connectivity index (χ0) is 13.8. The van der Waals surface area contributed by atoms with Crippen LogP contribution in [0.5, 0.6) is 0 Å². The number of carboxylic acids is 1. The van der Waals surface area contributed by atoms with Gasteiger partial charge in [-0.2, -0.15) is 0 Å². The number of amides is 2. The van der Waals surface area contributed by atoms with Crippen molar-refractivity contribution in [2.45, 2.75) is 44.6 Å². The smallest absolute Gasteiger partial charge is 0.329 e. The first-order valence-corrected chi connectivity index (χ1v) is 6.28. The fraction of sp³-hybridized carbons (Fsp3) is 0.692. The topological polar surface area (TPSA) is 69.6 Å². The Hall–Kier alpha value is -1.52. The predicted molar refractivity (Wildman–Crippen MR) is 69.4 cm³/mol. The van der Waals surface area contributed by atoms with Gasteiger partial charge in [0.1, 0.15) is 5.54 Å². The van der Waals surface area contributed by atoms with Crippen molar-refractivity contribution >= 4 is 12.0 Å². The molecule has 1 aliphatic rings. The number of carboxylic acid groups (broad SMARTS) is 1. The zero-order valence-electron chi connectivity index (χ0n) is 11.2. The molecule has 5 heteroatoms.